The summed E-state index contributed by atoms with van der Waals surface area (Å²) in [5, 5.41) is 1.80. The first-order valence-electron chi connectivity index (χ1n) is 7.10. The van der Waals surface area contributed by atoms with Gasteiger partial charge in [0.05, 0.1) is 5.69 Å². The molecule has 4 heterocycles. The summed E-state index contributed by atoms with van der Waals surface area (Å²) in [6, 6.07) is 7.98. The fourth-order valence-corrected chi connectivity index (χ4v) is 2.85. The topological polar surface area (TPSA) is 67.3 Å². The summed E-state index contributed by atoms with van der Waals surface area (Å²) in [4.78, 5) is 20.7. The van der Waals surface area contributed by atoms with Crippen molar-refractivity contribution in [1.82, 2.24) is 24.9 Å². The molecule has 4 rings (SSSR count). The maximum atomic E-state index is 4.58. The minimum absolute atomic E-state index is 0.758. The van der Waals surface area contributed by atoms with Gasteiger partial charge in [0, 0.05) is 53.1 Å². The smallest absolute Gasteiger partial charge is 0.187 e. The highest BCUT2D eigenvalue weighted by Gasteiger charge is 2.11. The van der Waals surface area contributed by atoms with Gasteiger partial charge in [-0.3, -0.25) is 4.98 Å². The molecule has 1 N–H and O–H groups in total. The normalized spacial score (nSPS) is 11.0. The number of pyridine rings is 2. The van der Waals surface area contributed by atoms with Crippen molar-refractivity contribution in [3.8, 4) is 22.4 Å². The zero-order valence-corrected chi connectivity index (χ0v) is 13.2. The number of aromatic nitrogens is 5. The molecule has 0 aliphatic rings. The number of thioether (sulfide) groups is 1. The highest BCUT2D eigenvalue weighted by molar-refractivity contribution is 7.98. The van der Waals surface area contributed by atoms with E-state index in [2.05, 4.69) is 31.0 Å². The lowest BCUT2D eigenvalue weighted by Crippen LogP contribution is -1.88. The second kappa shape index (κ2) is 5.81. The largest absolute Gasteiger partial charge is 0.345 e. The molecule has 5 nitrogen and oxygen atoms in total. The molecule has 6 heteroatoms. The van der Waals surface area contributed by atoms with Gasteiger partial charge in [0.15, 0.2) is 5.16 Å². The maximum Gasteiger partial charge on any atom is 0.187 e. The molecule has 0 unspecified atom stereocenters. The molecule has 4 aromatic rings. The van der Waals surface area contributed by atoms with Crippen LogP contribution in [-0.2, 0) is 0 Å². The van der Waals surface area contributed by atoms with Crippen molar-refractivity contribution in [2.75, 3.05) is 6.26 Å². The molecule has 0 amide bonds. The average Bonchev–Trinajstić information content (AvgIpc) is 3.05. The molecule has 23 heavy (non-hydrogen) atoms. The Morgan fingerprint density at radius 2 is 2.00 bits per heavy atom. The number of H-pyrrole nitrogens is 1. The van der Waals surface area contributed by atoms with Crippen molar-refractivity contribution < 1.29 is 0 Å². The third-order valence-electron chi connectivity index (χ3n) is 3.62. The Kier molecular flexibility index (Phi) is 3.51. The van der Waals surface area contributed by atoms with Gasteiger partial charge in [-0.15, -0.1) is 0 Å². The highest BCUT2D eigenvalue weighted by Crippen LogP contribution is 2.30. The Hall–Kier alpha value is -2.73. The van der Waals surface area contributed by atoms with Crippen LogP contribution in [0.5, 0.6) is 0 Å². The fourth-order valence-electron chi connectivity index (χ4n) is 2.50. The van der Waals surface area contributed by atoms with E-state index in [0.29, 0.717) is 0 Å². The Labute approximate surface area is 137 Å². The molecule has 0 aromatic carbocycles. The van der Waals surface area contributed by atoms with Gasteiger partial charge in [-0.1, -0.05) is 17.8 Å². The van der Waals surface area contributed by atoms with Crippen molar-refractivity contribution in [1.29, 1.82) is 0 Å². The molecule has 0 saturated heterocycles. The summed E-state index contributed by atoms with van der Waals surface area (Å²) < 4.78 is 0. The highest BCUT2D eigenvalue weighted by atomic mass is 32.2. The molecule has 0 aliphatic carbocycles. The van der Waals surface area contributed by atoms with Crippen LogP contribution in [0.15, 0.2) is 60.4 Å². The van der Waals surface area contributed by atoms with Crippen LogP contribution in [-0.4, -0.2) is 31.2 Å². The van der Waals surface area contributed by atoms with Gasteiger partial charge in [-0.05, 0) is 24.5 Å². The number of fused-ring (bicyclic) bond motifs is 1. The second-order valence-electron chi connectivity index (χ2n) is 4.99. The van der Waals surface area contributed by atoms with E-state index in [1.165, 1.54) is 11.8 Å². The second-order valence-corrected chi connectivity index (χ2v) is 5.77. The standard InChI is InChI=1S/C17H13N5S/c1-23-17-19-6-4-15(22-17)14-10-21-16-13(14)7-12(9-20-16)11-3-2-5-18-8-11/h2-10H,1H3,(H,20,21). The van der Waals surface area contributed by atoms with Gasteiger partial charge in [0.25, 0.3) is 0 Å². The van der Waals surface area contributed by atoms with Crippen LogP contribution in [0.4, 0.5) is 0 Å². The van der Waals surface area contributed by atoms with Crippen molar-refractivity contribution >= 4 is 22.8 Å². The first-order chi connectivity index (χ1) is 11.3. The average molecular weight is 319 g/mol. The molecular formula is C17H13N5S. The summed E-state index contributed by atoms with van der Waals surface area (Å²) in [5.41, 5.74) is 4.83. The number of hydrogen-bond acceptors (Lipinski definition) is 5. The van der Waals surface area contributed by atoms with Gasteiger partial charge >= 0.3 is 0 Å². The Balaban J connectivity index is 1.88. The molecule has 0 saturated carbocycles. The van der Waals surface area contributed by atoms with Crippen molar-refractivity contribution in [3.05, 3.63) is 55.2 Å². The molecule has 0 spiro atoms. The SMILES string of the molecule is CSc1nccc(-c2c[nH]c3ncc(-c4cccnc4)cc23)n1. The summed E-state index contributed by atoms with van der Waals surface area (Å²) in [7, 11) is 0. The van der Waals surface area contributed by atoms with Gasteiger partial charge in [-0.25, -0.2) is 15.0 Å². The predicted octanol–water partition coefficient (Wildman–Crippen LogP) is 3.80. The van der Waals surface area contributed by atoms with E-state index in [9.17, 15) is 0 Å². The third-order valence-corrected chi connectivity index (χ3v) is 4.18. The van der Waals surface area contributed by atoms with E-state index >= 15 is 0 Å². The van der Waals surface area contributed by atoms with Gasteiger partial charge in [0.1, 0.15) is 5.65 Å². The molecule has 112 valence electrons. The van der Waals surface area contributed by atoms with E-state index in [4.69, 9.17) is 0 Å². The summed E-state index contributed by atoms with van der Waals surface area (Å²) >= 11 is 1.53. The van der Waals surface area contributed by atoms with Gasteiger partial charge in [0.2, 0.25) is 0 Å². The Morgan fingerprint density at radius 1 is 1.04 bits per heavy atom. The number of aromatic amines is 1. The van der Waals surface area contributed by atoms with Crippen LogP contribution in [0.1, 0.15) is 0 Å². The van der Waals surface area contributed by atoms with E-state index < -0.39 is 0 Å². The van der Waals surface area contributed by atoms with E-state index in [0.717, 1.165) is 38.6 Å². The monoisotopic (exact) mass is 319 g/mol. The van der Waals surface area contributed by atoms with Crippen molar-refractivity contribution in [2.45, 2.75) is 5.16 Å². The van der Waals surface area contributed by atoms with Crippen LogP contribution in [0.3, 0.4) is 0 Å². The fraction of sp³-hybridized carbons (Fsp3) is 0.0588. The van der Waals surface area contributed by atoms with Crippen LogP contribution in [0.2, 0.25) is 0 Å². The lowest BCUT2D eigenvalue weighted by molar-refractivity contribution is 0.977. The van der Waals surface area contributed by atoms with E-state index in [1.54, 1.807) is 12.4 Å². The number of nitrogens with one attached hydrogen (secondary N) is 1. The lowest BCUT2D eigenvalue weighted by atomic mass is 10.1. The first kappa shape index (κ1) is 13.9. The maximum absolute atomic E-state index is 4.58. The minimum Gasteiger partial charge on any atom is -0.345 e. The third kappa shape index (κ3) is 2.57. The van der Waals surface area contributed by atoms with Crippen LogP contribution < -0.4 is 0 Å². The number of nitrogens with zero attached hydrogens (tertiary/aromatic N) is 4. The summed E-state index contributed by atoms with van der Waals surface area (Å²) in [6.07, 6.45) is 11.2. The van der Waals surface area contributed by atoms with Gasteiger partial charge in [-0.2, -0.15) is 0 Å². The Bertz CT molecular complexity index is 965. The summed E-state index contributed by atoms with van der Waals surface area (Å²) in [6.45, 7) is 0. The van der Waals surface area contributed by atoms with Crippen molar-refractivity contribution in [2.24, 2.45) is 0 Å². The predicted molar refractivity (Wildman–Crippen MR) is 92.1 cm³/mol. The van der Waals surface area contributed by atoms with E-state index in [-0.39, 0.29) is 0 Å². The lowest BCUT2D eigenvalue weighted by Gasteiger charge is -2.03. The Morgan fingerprint density at radius 3 is 2.83 bits per heavy atom. The van der Waals surface area contributed by atoms with Gasteiger partial charge < -0.3 is 4.98 Å². The van der Waals surface area contributed by atoms with E-state index in [1.807, 2.05) is 43.0 Å². The molecular weight excluding hydrogens is 306 g/mol. The van der Waals surface area contributed by atoms with Crippen LogP contribution in [0.25, 0.3) is 33.4 Å². The molecule has 0 atom stereocenters. The van der Waals surface area contributed by atoms with Crippen molar-refractivity contribution in [3.63, 3.8) is 0 Å². The minimum atomic E-state index is 0.758. The van der Waals surface area contributed by atoms with Crippen LogP contribution in [0, 0.1) is 0 Å². The zero-order chi connectivity index (χ0) is 15.6. The van der Waals surface area contributed by atoms with Crippen LogP contribution >= 0.6 is 11.8 Å². The number of rotatable bonds is 3. The molecule has 0 bridgehead atoms. The zero-order valence-electron chi connectivity index (χ0n) is 12.4. The number of hydrogen-bond donors (Lipinski definition) is 1. The first-order valence-corrected chi connectivity index (χ1v) is 8.32. The molecule has 0 aliphatic heterocycles. The summed E-state index contributed by atoms with van der Waals surface area (Å²) in [5.74, 6) is 0. The molecule has 4 aromatic heterocycles. The molecule has 0 radical (unpaired) electrons. The quantitative estimate of drug-likeness (QED) is 0.459. The molecule has 0 fully saturated rings.